The Labute approximate surface area is 211 Å². The predicted octanol–water partition coefficient (Wildman–Crippen LogP) is 3.90. The molecule has 0 aliphatic carbocycles. The van der Waals surface area contributed by atoms with Crippen LogP contribution in [-0.2, 0) is 4.79 Å². The second-order valence-electron chi connectivity index (χ2n) is 9.63. The Bertz CT molecular complexity index is 1210. The van der Waals surface area contributed by atoms with Crippen LogP contribution in [0.3, 0.4) is 0 Å². The summed E-state index contributed by atoms with van der Waals surface area (Å²) in [7, 11) is 2.14. The minimum Gasteiger partial charge on any atom is -0.354 e. The molecule has 1 N–H and O–H groups in total. The third-order valence-corrected chi connectivity index (χ3v) is 6.94. The molecule has 36 heavy (non-hydrogen) atoms. The van der Waals surface area contributed by atoms with Crippen LogP contribution in [-0.4, -0.2) is 77.0 Å². The van der Waals surface area contributed by atoms with Gasteiger partial charge in [-0.3, -0.25) is 4.79 Å². The number of benzene rings is 1. The number of anilines is 3. The van der Waals surface area contributed by atoms with Crippen molar-refractivity contribution in [1.29, 1.82) is 0 Å². The van der Waals surface area contributed by atoms with Crippen LogP contribution in [0.1, 0.15) is 31.5 Å². The van der Waals surface area contributed by atoms with E-state index in [4.69, 9.17) is 15.0 Å². The average Bonchev–Trinajstić information content (AvgIpc) is 2.89. The number of hydrogen-bond donors (Lipinski definition) is 1. The van der Waals surface area contributed by atoms with Gasteiger partial charge < -0.3 is 20.0 Å². The Hall–Kier alpha value is -3.59. The van der Waals surface area contributed by atoms with E-state index in [-0.39, 0.29) is 17.6 Å². The fourth-order valence-electron chi connectivity index (χ4n) is 4.81. The smallest absolute Gasteiger partial charge is 0.219 e. The summed E-state index contributed by atoms with van der Waals surface area (Å²) < 4.78 is 13.8. The summed E-state index contributed by atoms with van der Waals surface area (Å²) in [6.45, 7) is 6.91. The van der Waals surface area contributed by atoms with Crippen molar-refractivity contribution in [2.75, 3.05) is 56.5 Å². The van der Waals surface area contributed by atoms with Gasteiger partial charge in [0, 0.05) is 75.6 Å². The van der Waals surface area contributed by atoms with Gasteiger partial charge in [-0.15, -0.1) is 0 Å². The summed E-state index contributed by atoms with van der Waals surface area (Å²) in [5.41, 5.74) is 2.25. The Morgan fingerprint density at radius 2 is 1.89 bits per heavy atom. The van der Waals surface area contributed by atoms with Gasteiger partial charge in [-0.1, -0.05) is 6.07 Å². The minimum atomic E-state index is -0.317. The molecule has 5 rings (SSSR count). The van der Waals surface area contributed by atoms with E-state index in [1.807, 2.05) is 29.3 Å². The van der Waals surface area contributed by atoms with Crippen molar-refractivity contribution >= 4 is 23.2 Å². The van der Waals surface area contributed by atoms with Crippen LogP contribution in [0.15, 0.2) is 48.7 Å². The monoisotopic (exact) mass is 489 g/mol. The molecule has 188 valence electrons. The van der Waals surface area contributed by atoms with Crippen LogP contribution in [0.4, 0.5) is 21.7 Å². The molecule has 9 heteroatoms. The van der Waals surface area contributed by atoms with Gasteiger partial charge in [-0.05, 0) is 50.2 Å². The molecule has 8 nitrogen and oxygen atoms in total. The molecule has 2 saturated heterocycles. The van der Waals surface area contributed by atoms with E-state index in [1.54, 1.807) is 19.1 Å². The summed E-state index contributed by atoms with van der Waals surface area (Å²) in [5.74, 6) is 2.02. The third-order valence-electron chi connectivity index (χ3n) is 6.94. The molecule has 2 fully saturated rings. The fraction of sp³-hybridized carbons (Fsp3) is 0.407. The number of likely N-dealkylation sites (N-methyl/N-ethyl adjacent to an activating group) is 1. The van der Waals surface area contributed by atoms with Crippen molar-refractivity contribution in [3.8, 4) is 11.3 Å². The average molecular weight is 490 g/mol. The lowest BCUT2D eigenvalue weighted by Crippen LogP contribution is -2.44. The topological polar surface area (TPSA) is 77.5 Å². The molecule has 1 aromatic carbocycles. The Morgan fingerprint density at radius 1 is 1.06 bits per heavy atom. The maximum absolute atomic E-state index is 13.8. The van der Waals surface area contributed by atoms with Gasteiger partial charge in [0.2, 0.25) is 5.91 Å². The molecular formula is C27H32FN7O. The van der Waals surface area contributed by atoms with Crippen LogP contribution >= 0.6 is 0 Å². The number of hydrogen-bond acceptors (Lipinski definition) is 7. The lowest BCUT2D eigenvalue weighted by molar-refractivity contribution is -0.130. The number of likely N-dealkylation sites (tertiary alicyclic amines) is 1. The number of nitrogens with zero attached hydrogens (tertiary/aromatic N) is 6. The first-order valence-corrected chi connectivity index (χ1v) is 12.5. The first-order chi connectivity index (χ1) is 17.4. The Balaban J connectivity index is 1.45. The number of halogens is 1. The van der Waals surface area contributed by atoms with Gasteiger partial charge >= 0.3 is 0 Å². The predicted molar refractivity (Wildman–Crippen MR) is 139 cm³/mol. The highest BCUT2D eigenvalue weighted by molar-refractivity contribution is 5.73. The number of rotatable bonds is 5. The molecule has 2 aromatic heterocycles. The van der Waals surface area contributed by atoms with Crippen LogP contribution in [0.5, 0.6) is 0 Å². The van der Waals surface area contributed by atoms with Crippen LogP contribution in [0.25, 0.3) is 11.3 Å². The van der Waals surface area contributed by atoms with Crippen molar-refractivity contribution in [2.24, 2.45) is 0 Å². The summed E-state index contributed by atoms with van der Waals surface area (Å²) in [5, 5.41) is 3.23. The number of amides is 1. The van der Waals surface area contributed by atoms with Crippen molar-refractivity contribution in [3.63, 3.8) is 0 Å². The standard InChI is InChI=1S/C27H32FN7O/c1-19(36)35-10-4-5-21(18-35)27-31-24(16-25(32-27)30-23-7-3-6-22(28)15-23)20-8-9-26(29-17-20)34-13-11-33(2)12-14-34/h3,6-9,15-17,21H,4-5,10-14,18H2,1-2H3,(H,30,31,32). The van der Waals surface area contributed by atoms with Crippen molar-refractivity contribution in [1.82, 2.24) is 24.8 Å². The molecule has 4 heterocycles. The van der Waals surface area contributed by atoms with Gasteiger partial charge in [-0.25, -0.2) is 19.3 Å². The Kier molecular flexibility index (Phi) is 7.09. The molecule has 3 aromatic rings. The van der Waals surface area contributed by atoms with Crippen LogP contribution in [0, 0.1) is 5.82 Å². The van der Waals surface area contributed by atoms with E-state index in [2.05, 4.69) is 22.2 Å². The SMILES string of the molecule is CC(=O)N1CCCC(c2nc(Nc3cccc(F)c3)cc(-c3ccc(N4CCN(C)CC4)nc3)n2)C1. The van der Waals surface area contributed by atoms with E-state index in [0.717, 1.165) is 62.6 Å². The molecule has 2 aliphatic heterocycles. The van der Waals surface area contributed by atoms with E-state index in [1.165, 1.54) is 12.1 Å². The molecule has 2 aliphatic rings. The number of piperazine rings is 1. The first-order valence-electron chi connectivity index (χ1n) is 12.5. The second kappa shape index (κ2) is 10.6. The zero-order valence-corrected chi connectivity index (χ0v) is 20.8. The molecule has 1 atom stereocenters. The van der Waals surface area contributed by atoms with Gasteiger partial charge in [0.15, 0.2) is 0 Å². The summed E-state index contributed by atoms with van der Waals surface area (Å²) in [6.07, 6.45) is 3.67. The van der Waals surface area contributed by atoms with E-state index >= 15 is 0 Å². The van der Waals surface area contributed by atoms with E-state index < -0.39 is 0 Å². The number of piperidine rings is 1. The number of pyridine rings is 1. The van der Waals surface area contributed by atoms with Crippen molar-refractivity contribution in [3.05, 3.63) is 60.3 Å². The number of aromatic nitrogens is 3. The maximum Gasteiger partial charge on any atom is 0.219 e. The number of carbonyl (C=O) groups is 1. The normalized spacial score (nSPS) is 18.8. The highest BCUT2D eigenvalue weighted by Gasteiger charge is 2.26. The lowest BCUT2D eigenvalue weighted by Gasteiger charge is -2.33. The summed E-state index contributed by atoms with van der Waals surface area (Å²) in [4.78, 5) is 32.9. The van der Waals surface area contributed by atoms with Gasteiger partial charge in [0.25, 0.3) is 0 Å². The van der Waals surface area contributed by atoms with Gasteiger partial charge in [-0.2, -0.15) is 0 Å². The number of carbonyl (C=O) groups excluding carboxylic acids is 1. The quantitative estimate of drug-likeness (QED) is 0.582. The molecule has 0 saturated carbocycles. The summed E-state index contributed by atoms with van der Waals surface area (Å²) in [6, 6.07) is 12.3. The van der Waals surface area contributed by atoms with Gasteiger partial charge in [0.05, 0.1) is 5.69 Å². The Morgan fingerprint density at radius 3 is 2.61 bits per heavy atom. The lowest BCUT2D eigenvalue weighted by atomic mass is 9.97. The van der Waals surface area contributed by atoms with Crippen LogP contribution < -0.4 is 10.2 Å². The van der Waals surface area contributed by atoms with E-state index in [9.17, 15) is 9.18 Å². The second-order valence-corrected chi connectivity index (χ2v) is 9.63. The zero-order valence-electron chi connectivity index (χ0n) is 20.8. The van der Waals surface area contributed by atoms with Crippen molar-refractivity contribution in [2.45, 2.75) is 25.7 Å². The fourth-order valence-corrected chi connectivity index (χ4v) is 4.81. The molecule has 1 unspecified atom stereocenters. The zero-order chi connectivity index (χ0) is 25.1. The largest absolute Gasteiger partial charge is 0.354 e. The highest BCUT2D eigenvalue weighted by atomic mass is 19.1. The maximum atomic E-state index is 13.8. The van der Waals surface area contributed by atoms with Crippen LogP contribution in [0.2, 0.25) is 0 Å². The molecule has 1 amide bonds. The highest BCUT2D eigenvalue weighted by Crippen LogP contribution is 2.30. The van der Waals surface area contributed by atoms with Crippen molar-refractivity contribution < 1.29 is 9.18 Å². The molecule has 0 bridgehead atoms. The molecule has 0 radical (unpaired) electrons. The summed E-state index contributed by atoms with van der Waals surface area (Å²) >= 11 is 0. The first kappa shape index (κ1) is 24.1. The number of nitrogens with one attached hydrogen (secondary N) is 1. The van der Waals surface area contributed by atoms with Gasteiger partial charge in [0.1, 0.15) is 23.3 Å². The third kappa shape index (κ3) is 5.62. The molecular weight excluding hydrogens is 457 g/mol. The molecule has 0 spiro atoms. The van der Waals surface area contributed by atoms with E-state index in [0.29, 0.717) is 23.9 Å². The minimum absolute atomic E-state index is 0.0354.